The lowest BCUT2D eigenvalue weighted by atomic mass is 10.1. The zero-order chi connectivity index (χ0) is 12.3. The number of aliphatic carboxylic acids is 1. The second-order valence-corrected chi connectivity index (χ2v) is 5.93. The van der Waals surface area contributed by atoms with Crippen molar-refractivity contribution < 1.29 is 28.2 Å². The molecule has 1 unspecified atom stereocenters. The van der Waals surface area contributed by atoms with Crippen molar-refractivity contribution in [2.24, 2.45) is 5.92 Å². The first-order valence-corrected chi connectivity index (χ1v) is 6.53. The van der Waals surface area contributed by atoms with Gasteiger partial charge in [0.15, 0.2) is 15.9 Å². The predicted octanol–water partition coefficient (Wildman–Crippen LogP) is -2.02. The standard InChI is InChI=1S/C8H13NO6S/c10-6(8(12)13)3-9-7(11)5-1-2-16(14,15)4-5/h5-6,10H,1-4H2,(H,9,11)(H,12,13)/t5?,6-/m0/s1. The molecule has 1 heterocycles. The van der Waals surface area contributed by atoms with Crippen LogP contribution in [0.3, 0.4) is 0 Å². The lowest BCUT2D eigenvalue weighted by Crippen LogP contribution is -2.39. The van der Waals surface area contributed by atoms with Crippen molar-refractivity contribution in [1.82, 2.24) is 5.32 Å². The van der Waals surface area contributed by atoms with E-state index in [1.54, 1.807) is 0 Å². The quantitative estimate of drug-likeness (QED) is 0.530. The summed E-state index contributed by atoms with van der Waals surface area (Å²) >= 11 is 0. The highest BCUT2D eigenvalue weighted by Crippen LogP contribution is 2.18. The van der Waals surface area contributed by atoms with E-state index in [1.807, 2.05) is 0 Å². The molecule has 0 aliphatic carbocycles. The summed E-state index contributed by atoms with van der Waals surface area (Å²) in [6, 6.07) is 0. The third-order valence-corrected chi connectivity index (χ3v) is 4.13. The Morgan fingerprint density at radius 2 is 2.06 bits per heavy atom. The Morgan fingerprint density at radius 1 is 1.44 bits per heavy atom. The van der Waals surface area contributed by atoms with Gasteiger partial charge in [0.05, 0.1) is 24.0 Å². The van der Waals surface area contributed by atoms with Gasteiger partial charge in [-0.1, -0.05) is 0 Å². The monoisotopic (exact) mass is 251 g/mol. The lowest BCUT2D eigenvalue weighted by molar-refractivity contribution is -0.146. The second-order valence-electron chi connectivity index (χ2n) is 3.70. The molecule has 0 bridgehead atoms. The fourth-order valence-corrected chi connectivity index (χ4v) is 3.17. The van der Waals surface area contributed by atoms with Gasteiger partial charge in [0, 0.05) is 0 Å². The maximum Gasteiger partial charge on any atom is 0.334 e. The molecule has 92 valence electrons. The van der Waals surface area contributed by atoms with Crippen LogP contribution in [0.2, 0.25) is 0 Å². The van der Waals surface area contributed by atoms with Gasteiger partial charge in [0.2, 0.25) is 5.91 Å². The maximum absolute atomic E-state index is 11.4. The van der Waals surface area contributed by atoms with E-state index in [9.17, 15) is 18.0 Å². The molecule has 1 fully saturated rings. The van der Waals surface area contributed by atoms with Crippen molar-refractivity contribution in [2.75, 3.05) is 18.1 Å². The summed E-state index contributed by atoms with van der Waals surface area (Å²) in [6.07, 6.45) is -1.42. The molecule has 8 heteroatoms. The fourth-order valence-electron chi connectivity index (χ4n) is 1.43. The van der Waals surface area contributed by atoms with Crippen LogP contribution >= 0.6 is 0 Å². The van der Waals surface area contributed by atoms with Crippen LogP contribution < -0.4 is 5.32 Å². The molecule has 0 aromatic carbocycles. The first-order chi connectivity index (χ1) is 7.32. The van der Waals surface area contributed by atoms with Gasteiger partial charge in [-0.2, -0.15) is 0 Å². The van der Waals surface area contributed by atoms with E-state index in [0.717, 1.165) is 0 Å². The Balaban J connectivity index is 2.40. The number of carboxylic acid groups (broad SMARTS) is 1. The van der Waals surface area contributed by atoms with E-state index in [4.69, 9.17) is 10.2 Å². The van der Waals surface area contributed by atoms with Crippen molar-refractivity contribution >= 4 is 21.7 Å². The average molecular weight is 251 g/mol. The molecule has 7 nitrogen and oxygen atoms in total. The largest absolute Gasteiger partial charge is 0.479 e. The summed E-state index contributed by atoms with van der Waals surface area (Å²) in [4.78, 5) is 21.6. The molecule has 0 saturated carbocycles. The second kappa shape index (κ2) is 4.79. The summed E-state index contributed by atoms with van der Waals surface area (Å²) < 4.78 is 22.1. The molecule has 1 aliphatic rings. The Kier molecular flexibility index (Phi) is 3.87. The van der Waals surface area contributed by atoms with E-state index in [0.29, 0.717) is 0 Å². The lowest BCUT2D eigenvalue weighted by Gasteiger charge is -2.10. The van der Waals surface area contributed by atoms with Gasteiger partial charge in [0.25, 0.3) is 0 Å². The number of amides is 1. The SMILES string of the molecule is O=C(NC[C@H](O)C(=O)O)C1CCS(=O)(=O)C1. The number of aliphatic hydroxyl groups excluding tert-OH is 1. The van der Waals surface area contributed by atoms with Gasteiger partial charge < -0.3 is 15.5 Å². The zero-order valence-electron chi connectivity index (χ0n) is 8.42. The number of carbonyl (C=O) groups is 2. The third kappa shape index (κ3) is 3.46. The first kappa shape index (κ1) is 12.9. The van der Waals surface area contributed by atoms with Crippen LogP contribution in [0.25, 0.3) is 0 Å². The molecular weight excluding hydrogens is 238 g/mol. The molecule has 1 amide bonds. The predicted molar refractivity (Wildman–Crippen MR) is 53.4 cm³/mol. The number of rotatable bonds is 4. The number of hydrogen-bond donors (Lipinski definition) is 3. The minimum Gasteiger partial charge on any atom is -0.479 e. The van der Waals surface area contributed by atoms with Crippen LogP contribution in [-0.2, 0) is 19.4 Å². The van der Waals surface area contributed by atoms with Crippen molar-refractivity contribution in [3.63, 3.8) is 0 Å². The van der Waals surface area contributed by atoms with E-state index < -0.39 is 40.3 Å². The van der Waals surface area contributed by atoms with Crippen LogP contribution in [-0.4, -0.2) is 54.7 Å². The van der Waals surface area contributed by atoms with Crippen LogP contribution in [0, 0.1) is 5.92 Å². The minimum atomic E-state index is -3.14. The summed E-state index contributed by atoms with van der Waals surface area (Å²) in [7, 11) is -3.14. The third-order valence-electron chi connectivity index (χ3n) is 2.36. The van der Waals surface area contributed by atoms with Crippen molar-refractivity contribution in [2.45, 2.75) is 12.5 Å². The van der Waals surface area contributed by atoms with Crippen molar-refractivity contribution in [3.05, 3.63) is 0 Å². The van der Waals surface area contributed by atoms with Gasteiger partial charge in [-0.3, -0.25) is 4.79 Å². The van der Waals surface area contributed by atoms with Gasteiger partial charge in [0.1, 0.15) is 0 Å². The smallest absolute Gasteiger partial charge is 0.334 e. The number of sulfone groups is 1. The Hall–Kier alpha value is -1.15. The maximum atomic E-state index is 11.4. The molecule has 3 N–H and O–H groups in total. The topological polar surface area (TPSA) is 121 Å². The van der Waals surface area contributed by atoms with E-state index in [1.165, 1.54) is 0 Å². The highest BCUT2D eigenvalue weighted by Gasteiger charge is 2.33. The summed E-state index contributed by atoms with van der Waals surface area (Å²) in [6.45, 7) is -0.412. The number of aliphatic hydroxyl groups is 1. The van der Waals surface area contributed by atoms with Gasteiger partial charge in [-0.15, -0.1) is 0 Å². The molecule has 16 heavy (non-hydrogen) atoms. The number of carboxylic acids is 1. The molecule has 0 radical (unpaired) electrons. The molecule has 1 aliphatic heterocycles. The van der Waals surface area contributed by atoms with E-state index >= 15 is 0 Å². The fraction of sp³-hybridized carbons (Fsp3) is 0.750. The Bertz CT molecular complexity index is 389. The highest BCUT2D eigenvalue weighted by molar-refractivity contribution is 7.91. The van der Waals surface area contributed by atoms with Crippen molar-refractivity contribution in [1.29, 1.82) is 0 Å². The molecule has 2 atom stereocenters. The number of hydrogen-bond acceptors (Lipinski definition) is 5. The molecule has 0 spiro atoms. The van der Waals surface area contributed by atoms with Gasteiger partial charge in [-0.25, -0.2) is 13.2 Å². The van der Waals surface area contributed by atoms with Gasteiger partial charge >= 0.3 is 5.97 Å². The zero-order valence-corrected chi connectivity index (χ0v) is 9.24. The molecule has 1 saturated heterocycles. The van der Waals surface area contributed by atoms with Crippen LogP contribution in [0.5, 0.6) is 0 Å². The Labute approximate surface area is 92.4 Å². The highest BCUT2D eigenvalue weighted by atomic mass is 32.2. The van der Waals surface area contributed by atoms with Crippen LogP contribution in [0.4, 0.5) is 0 Å². The molecule has 0 aromatic heterocycles. The number of carbonyl (C=O) groups excluding carboxylic acids is 1. The average Bonchev–Trinajstić information content (AvgIpc) is 2.54. The van der Waals surface area contributed by atoms with Gasteiger partial charge in [-0.05, 0) is 6.42 Å². The molecule has 1 rings (SSSR count). The van der Waals surface area contributed by atoms with Crippen LogP contribution in [0.1, 0.15) is 6.42 Å². The Morgan fingerprint density at radius 3 is 2.50 bits per heavy atom. The minimum absolute atomic E-state index is 0.0213. The van der Waals surface area contributed by atoms with Crippen molar-refractivity contribution in [3.8, 4) is 0 Å². The first-order valence-electron chi connectivity index (χ1n) is 4.71. The number of nitrogens with one attached hydrogen (secondary N) is 1. The molecular formula is C8H13NO6S. The molecule has 0 aromatic rings. The van der Waals surface area contributed by atoms with Crippen LogP contribution in [0.15, 0.2) is 0 Å². The van der Waals surface area contributed by atoms with E-state index in [-0.39, 0.29) is 17.9 Å². The summed E-state index contributed by atoms with van der Waals surface area (Å²) in [5.41, 5.74) is 0. The summed E-state index contributed by atoms with van der Waals surface area (Å²) in [5, 5.41) is 19.4. The normalized spacial score (nSPS) is 24.9. The van der Waals surface area contributed by atoms with E-state index in [2.05, 4.69) is 5.32 Å². The summed E-state index contributed by atoms with van der Waals surface area (Å²) in [5.74, 6) is -2.82.